The van der Waals surface area contributed by atoms with Crippen LogP contribution in [0.1, 0.15) is 23.0 Å². The number of carbonyl (C=O) groups excluding carboxylic acids is 2. The molecule has 0 N–H and O–H groups in total. The summed E-state index contributed by atoms with van der Waals surface area (Å²) in [6.45, 7) is 8.82. The van der Waals surface area contributed by atoms with E-state index in [-0.39, 0.29) is 17.9 Å². The summed E-state index contributed by atoms with van der Waals surface area (Å²) in [7, 11) is 0. The Kier molecular flexibility index (Phi) is 3.74. The Balaban J connectivity index is 2.06. The minimum atomic E-state index is -0.111. The van der Waals surface area contributed by atoms with E-state index in [9.17, 15) is 9.59 Å². The number of hydrogen-bond acceptors (Lipinski definition) is 3. The van der Waals surface area contributed by atoms with Crippen LogP contribution in [0.5, 0.6) is 0 Å². The number of aryl methyl sites for hydroxylation is 1. The Hall–Kier alpha value is -2.04. The monoisotopic (exact) mass is 262 g/mol. The summed E-state index contributed by atoms with van der Waals surface area (Å²) in [6, 6.07) is 1.76. The zero-order valence-electron chi connectivity index (χ0n) is 11.3. The second-order valence-electron chi connectivity index (χ2n) is 4.77. The van der Waals surface area contributed by atoms with Gasteiger partial charge in [-0.1, -0.05) is 6.58 Å². The smallest absolute Gasteiger partial charge is 0.289 e. The molecule has 0 spiro atoms. The lowest BCUT2D eigenvalue weighted by Gasteiger charge is -2.39. The van der Waals surface area contributed by atoms with Crippen molar-refractivity contribution in [3.8, 4) is 0 Å². The van der Waals surface area contributed by atoms with E-state index in [0.717, 1.165) is 5.56 Å². The van der Waals surface area contributed by atoms with Crippen LogP contribution in [0, 0.1) is 6.92 Å². The van der Waals surface area contributed by atoms with Crippen molar-refractivity contribution in [2.75, 3.05) is 19.6 Å². The molecule has 102 valence electrons. The van der Waals surface area contributed by atoms with Gasteiger partial charge < -0.3 is 14.2 Å². The van der Waals surface area contributed by atoms with Crippen LogP contribution in [0.4, 0.5) is 0 Å². The van der Waals surface area contributed by atoms with E-state index >= 15 is 0 Å². The van der Waals surface area contributed by atoms with Crippen LogP contribution >= 0.6 is 0 Å². The molecule has 0 unspecified atom stereocenters. The molecule has 0 saturated carbocycles. The lowest BCUT2D eigenvalue weighted by atomic mass is 10.1. The predicted molar refractivity (Wildman–Crippen MR) is 70.7 cm³/mol. The van der Waals surface area contributed by atoms with E-state index in [1.807, 2.05) is 13.8 Å². The Morgan fingerprint density at radius 2 is 2.21 bits per heavy atom. The molecule has 2 heterocycles. The van der Waals surface area contributed by atoms with Gasteiger partial charge in [0.1, 0.15) is 0 Å². The molecule has 1 aliphatic heterocycles. The lowest BCUT2D eigenvalue weighted by molar-refractivity contribution is -0.129. The first-order chi connectivity index (χ1) is 9.04. The number of hydrogen-bond donors (Lipinski definition) is 0. The largest absolute Gasteiger partial charge is 0.459 e. The molecule has 1 aromatic rings. The number of furan rings is 1. The van der Waals surface area contributed by atoms with Crippen molar-refractivity contribution >= 4 is 11.8 Å². The fourth-order valence-corrected chi connectivity index (χ4v) is 2.32. The highest BCUT2D eigenvalue weighted by Gasteiger charge is 2.30. The van der Waals surface area contributed by atoms with Gasteiger partial charge in [0.2, 0.25) is 5.91 Å². The maximum absolute atomic E-state index is 12.3. The molecule has 1 aromatic heterocycles. The van der Waals surface area contributed by atoms with Gasteiger partial charge >= 0.3 is 0 Å². The fraction of sp³-hybridized carbons (Fsp3) is 0.429. The average Bonchev–Trinajstić information content (AvgIpc) is 2.83. The van der Waals surface area contributed by atoms with Crippen molar-refractivity contribution in [2.45, 2.75) is 19.9 Å². The van der Waals surface area contributed by atoms with Crippen molar-refractivity contribution in [2.24, 2.45) is 0 Å². The zero-order valence-corrected chi connectivity index (χ0v) is 11.3. The topological polar surface area (TPSA) is 53.8 Å². The van der Waals surface area contributed by atoms with Crippen molar-refractivity contribution < 1.29 is 14.0 Å². The van der Waals surface area contributed by atoms with Crippen LogP contribution in [0.25, 0.3) is 0 Å². The fourth-order valence-electron chi connectivity index (χ4n) is 2.32. The normalized spacial score (nSPS) is 19.4. The summed E-state index contributed by atoms with van der Waals surface area (Å²) in [5.41, 5.74) is 0.835. The van der Waals surface area contributed by atoms with Crippen LogP contribution < -0.4 is 0 Å². The van der Waals surface area contributed by atoms with Gasteiger partial charge in [-0.2, -0.15) is 0 Å². The van der Waals surface area contributed by atoms with Crippen molar-refractivity contribution in [3.63, 3.8) is 0 Å². The van der Waals surface area contributed by atoms with Crippen LogP contribution in [-0.4, -0.2) is 47.3 Å². The van der Waals surface area contributed by atoms with Crippen LogP contribution in [0.2, 0.25) is 0 Å². The summed E-state index contributed by atoms with van der Waals surface area (Å²) in [4.78, 5) is 27.4. The number of carbonyl (C=O) groups is 2. The van der Waals surface area contributed by atoms with Gasteiger partial charge in [-0.3, -0.25) is 9.59 Å². The average molecular weight is 262 g/mol. The molecular formula is C14H18N2O3. The summed E-state index contributed by atoms with van der Waals surface area (Å²) in [5, 5.41) is 0. The van der Waals surface area contributed by atoms with Crippen LogP contribution in [-0.2, 0) is 4.79 Å². The third kappa shape index (κ3) is 2.54. The first-order valence-corrected chi connectivity index (χ1v) is 6.31. The molecule has 1 fully saturated rings. The van der Waals surface area contributed by atoms with E-state index in [2.05, 4.69) is 6.58 Å². The Morgan fingerprint density at radius 3 is 2.74 bits per heavy atom. The van der Waals surface area contributed by atoms with Crippen molar-refractivity contribution in [3.05, 3.63) is 36.3 Å². The first-order valence-electron chi connectivity index (χ1n) is 6.31. The third-order valence-corrected chi connectivity index (χ3v) is 3.43. The van der Waals surface area contributed by atoms with E-state index in [0.29, 0.717) is 25.4 Å². The summed E-state index contributed by atoms with van der Waals surface area (Å²) in [5.74, 6) is 0.185. The molecule has 0 bridgehead atoms. The molecule has 1 aliphatic rings. The molecule has 0 aromatic carbocycles. The third-order valence-electron chi connectivity index (χ3n) is 3.43. The van der Waals surface area contributed by atoms with Gasteiger partial charge in [0.15, 0.2) is 5.76 Å². The number of nitrogens with zero attached hydrogens (tertiary/aromatic N) is 2. The standard InChI is InChI=1S/C14H18N2O3/c1-4-12(17)16-7-6-15(9-11(16)3)14(18)13-10(2)5-8-19-13/h4-5,8,11H,1,6-7,9H2,2-3H3/t11-/m1/s1. The highest BCUT2D eigenvalue weighted by Crippen LogP contribution is 2.16. The van der Waals surface area contributed by atoms with Gasteiger partial charge in [-0.25, -0.2) is 0 Å². The molecule has 5 heteroatoms. The minimum absolute atomic E-state index is 0.0153. The van der Waals surface area contributed by atoms with Gasteiger partial charge in [0.25, 0.3) is 5.91 Å². The number of piperazine rings is 1. The molecule has 2 rings (SSSR count). The quantitative estimate of drug-likeness (QED) is 0.758. The van der Waals surface area contributed by atoms with Crippen LogP contribution in [0.3, 0.4) is 0 Å². The minimum Gasteiger partial charge on any atom is -0.459 e. The zero-order chi connectivity index (χ0) is 14.0. The van der Waals surface area contributed by atoms with E-state index in [1.54, 1.807) is 15.9 Å². The summed E-state index contributed by atoms with van der Waals surface area (Å²) >= 11 is 0. The van der Waals surface area contributed by atoms with Gasteiger partial charge in [0.05, 0.1) is 6.26 Å². The van der Waals surface area contributed by atoms with Gasteiger partial charge in [-0.15, -0.1) is 0 Å². The predicted octanol–water partition coefficient (Wildman–Crippen LogP) is 1.45. The van der Waals surface area contributed by atoms with Crippen molar-refractivity contribution in [1.29, 1.82) is 0 Å². The maximum Gasteiger partial charge on any atom is 0.289 e. The highest BCUT2D eigenvalue weighted by atomic mass is 16.3. The highest BCUT2D eigenvalue weighted by molar-refractivity contribution is 5.93. The summed E-state index contributed by atoms with van der Waals surface area (Å²) < 4.78 is 5.22. The van der Waals surface area contributed by atoms with Crippen LogP contribution in [0.15, 0.2) is 29.4 Å². The van der Waals surface area contributed by atoms with Crippen molar-refractivity contribution in [1.82, 2.24) is 9.80 Å². The van der Waals surface area contributed by atoms with E-state index < -0.39 is 0 Å². The van der Waals surface area contributed by atoms with E-state index in [4.69, 9.17) is 4.42 Å². The van der Waals surface area contributed by atoms with Gasteiger partial charge in [-0.05, 0) is 26.0 Å². The first kappa shape index (κ1) is 13.4. The second-order valence-corrected chi connectivity index (χ2v) is 4.77. The molecule has 19 heavy (non-hydrogen) atoms. The van der Waals surface area contributed by atoms with Gasteiger partial charge in [0, 0.05) is 31.2 Å². The molecule has 5 nitrogen and oxygen atoms in total. The number of amides is 2. The number of rotatable bonds is 2. The van der Waals surface area contributed by atoms with E-state index in [1.165, 1.54) is 12.3 Å². The molecule has 0 aliphatic carbocycles. The molecule has 2 amide bonds. The Morgan fingerprint density at radius 1 is 1.47 bits per heavy atom. The SMILES string of the molecule is C=CC(=O)N1CCN(C(=O)c2occc2C)C[C@H]1C. The molecule has 0 radical (unpaired) electrons. The Bertz CT molecular complexity index is 507. The lowest BCUT2D eigenvalue weighted by Crippen LogP contribution is -2.55. The molecular weight excluding hydrogens is 244 g/mol. The molecule has 1 atom stereocenters. The maximum atomic E-state index is 12.3. The summed E-state index contributed by atoms with van der Waals surface area (Å²) in [6.07, 6.45) is 2.83. The second kappa shape index (κ2) is 5.30. The Labute approximate surface area is 112 Å². The molecule has 1 saturated heterocycles.